The fraction of sp³-hybridized carbons (Fsp3) is 0.133. The molecule has 4 aromatic rings. The van der Waals surface area contributed by atoms with Crippen molar-refractivity contribution in [2.75, 3.05) is 5.32 Å². The molecule has 0 saturated carbocycles. The van der Waals surface area contributed by atoms with Crippen molar-refractivity contribution in [3.63, 3.8) is 0 Å². The number of hydrogen-bond acceptors (Lipinski definition) is 2. The number of halogens is 1. The normalized spacial score (nSPS) is 11.3. The SMILES string of the molecule is Cc1cc(C)cc(Cc2ccc3ccccc3c2/C=C(\C#N)C(=O)Nc2cccc(Cl)c2C)c1. The third kappa shape index (κ3) is 5.03. The molecular weight excluding hydrogens is 440 g/mol. The van der Waals surface area contributed by atoms with E-state index >= 15 is 0 Å². The zero-order chi connectivity index (χ0) is 24.2. The summed E-state index contributed by atoms with van der Waals surface area (Å²) >= 11 is 6.19. The standard InChI is InChI=1S/C30H25ClN2O/c1-19-13-20(2)15-22(14-19)16-24-12-11-23-7-4-5-8-26(23)27(24)17-25(18-32)30(34)33-29-10-6-9-28(31)21(29)3/h4-15,17H,16H2,1-3H3,(H,33,34)/b25-17+. The summed E-state index contributed by atoms with van der Waals surface area (Å²) in [6.45, 7) is 6.02. The number of hydrogen-bond donors (Lipinski definition) is 1. The van der Waals surface area contributed by atoms with Crippen molar-refractivity contribution in [1.82, 2.24) is 0 Å². The Labute approximate surface area is 205 Å². The van der Waals surface area contributed by atoms with Crippen molar-refractivity contribution >= 4 is 40.0 Å². The minimum absolute atomic E-state index is 0.0393. The summed E-state index contributed by atoms with van der Waals surface area (Å²) < 4.78 is 0. The fourth-order valence-electron chi connectivity index (χ4n) is 4.28. The molecule has 0 unspecified atom stereocenters. The number of rotatable bonds is 5. The monoisotopic (exact) mass is 464 g/mol. The van der Waals surface area contributed by atoms with Gasteiger partial charge in [0.1, 0.15) is 11.6 Å². The Bertz CT molecular complexity index is 1460. The van der Waals surface area contributed by atoms with Gasteiger partial charge < -0.3 is 5.32 Å². The van der Waals surface area contributed by atoms with Crippen molar-refractivity contribution in [2.45, 2.75) is 27.2 Å². The molecule has 4 heteroatoms. The second kappa shape index (κ2) is 9.95. The van der Waals surface area contributed by atoms with E-state index in [0.29, 0.717) is 17.1 Å². The zero-order valence-electron chi connectivity index (χ0n) is 19.4. The predicted molar refractivity (Wildman–Crippen MR) is 141 cm³/mol. The molecule has 0 aliphatic heterocycles. The summed E-state index contributed by atoms with van der Waals surface area (Å²) in [4.78, 5) is 13.1. The quantitative estimate of drug-likeness (QED) is 0.245. The summed E-state index contributed by atoms with van der Waals surface area (Å²) in [5.74, 6) is -0.460. The van der Waals surface area contributed by atoms with Gasteiger partial charge in [-0.3, -0.25) is 4.79 Å². The smallest absolute Gasteiger partial charge is 0.266 e. The highest BCUT2D eigenvalue weighted by Crippen LogP contribution is 2.28. The second-order valence-corrected chi connectivity index (χ2v) is 8.98. The molecule has 0 aliphatic carbocycles. The number of nitrogens with zero attached hydrogens (tertiary/aromatic N) is 1. The van der Waals surface area contributed by atoms with Gasteiger partial charge in [0.25, 0.3) is 5.91 Å². The molecule has 168 valence electrons. The van der Waals surface area contributed by atoms with Crippen LogP contribution >= 0.6 is 11.6 Å². The van der Waals surface area contributed by atoms with Gasteiger partial charge in [0.2, 0.25) is 0 Å². The first kappa shape index (κ1) is 23.3. The summed E-state index contributed by atoms with van der Waals surface area (Å²) in [6.07, 6.45) is 2.41. The molecule has 1 N–H and O–H groups in total. The second-order valence-electron chi connectivity index (χ2n) is 8.57. The van der Waals surface area contributed by atoms with E-state index in [1.165, 1.54) is 16.7 Å². The minimum atomic E-state index is -0.460. The molecule has 1 amide bonds. The van der Waals surface area contributed by atoms with Crippen LogP contribution in [0.1, 0.15) is 33.4 Å². The molecule has 0 radical (unpaired) electrons. The molecule has 0 aliphatic rings. The summed E-state index contributed by atoms with van der Waals surface area (Å²) in [7, 11) is 0. The number of nitriles is 1. The lowest BCUT2D eigenvalue weighted by atomic mass is 9.92. The third-order valence-corrected chi connectivity index (χ3v) is 6.32. The molecule has 0 aromatic heterocycles. The van der Waals surface area contributed by atoms with Gasteiger partial charge in [-0.05, 0) is 78.4 Å². The van der Waals surface area contributed by atoms with Crippen LogP contribution in [0.5, 0.6) is 0 Å². The molecule has 0 bridgehead atoms. The fourth-order valence-corrected chi connectivity index (χ4v) is 4.46. The number of aryl methyl sites for hydroxylation is 2. The van der Waals surface area contributed by atoms with Crippen LogP contribution in [-0.2, 0) is 11.2 Å². The van der Waals surface area contributed by atoms with E-state index < -0.39 is 5.91 Å². The van der Waals surface area contributed by atoms with Crippen molar-refractivity contribution < 1.29 is 4.79 Å². The molecule has 3 nitrogen and oxygen atoms in total. The number of nitrogens with one attached hydrogen (secondary N) is 1. The van der Waals surface area contributed by atoms with Gasteiger partial charge in [-0.25, -0.2) is 0 Å². The van der Waals surface area contributed by atoms with Crippen LogP contribution in [0.15, 0.2) is 78.4 Å². The molecule has 0 spiro atoms. The van der Waals surface area contributed by atoms with E-state index in [9.17, 15) is 10.1 Å². The Morgan fingerprint density at radius 1 is 0.971 bits per heavy atom. The Balaban J connectivity index is 1.79. The van der Waals surface area contributed by atoms with Crippen LogP contribution in [0.3, 0.4) is 0 Å². The molecule has 0 atom stereocenters. The highest BCUT2D eigenvalue weighted by atomic mass is 35.5. The van der Waals surface area contributed by atoms with Crippen LogP contribution in [0, 0.1) is 32.1 Å². The van der Waals surface area contributed by atoms with E-state index in [2.05, 4.69) is 55.6 Å². The maximum Gasteiger partial charge on any atom is 0.266 e. The van der Waals surface area contributed by atoms with Gasteiger partial charge >= 0.3 is 0 Å². The summed E-state index contributed by atoms with van der Waals surface area (Å²) in [5.41, 5.74) is 6.94. The van der Waals surface area contributed by atoms with E-state index in [-0.39, 0.29) is 5.57 Å². The van der Waals surface area contributed by atoms with Crippen LogP contribution < -0.4 is 5.32 Å². The minimum Gasteiger partial charge on any atom is -0.321 e. The van der Waals surface area contributed by atoms with Crippen LogP contribution in [0.2, 0.25) is 5.02 Å². The van der Waals surface area contributed by atoms with E-state index in [0.717, 1.165) is 27.5 Å². The van der Waals surface area contributed by atoms with Crippen molar-refractivity contribution in [3.05, 3.63) is 117 Å². The average molecular weight is 465 g/mol. The maximum atomic E-state index is 13.1. The number of amides is 1. The highest BCUT2D eigenvalue weighted by molar-refractivity contribution is 6.31. The Kier molecular flexibility index (Phi) is 6.82. The van der Waals surface area contributed by atoms with E-state index in [1.54, 1.807) is 24.3 Å². The van der Waals surface area contributed by atoms with Gasteiger partial charge in [0.15, 0.2) is 0 Å². The number of carbonyl (C=O) groups excluding carboxylic acids is 1. The van der Waals surface area contributed by atoms with Crippen molar-refractivity contribution in [3.8, 4) is 6.07 Å². The number of benzene rings is 4. The molecule has 4 rings (SSSR count). The zero-order valence-corrected chi connectivity index (χ0v) is 20.2. The van der Waals surface area contributed by atoms with Crippen LogP contribution in [-0.4, -0.2) is 5.91 Å². The predicted octanol–water partition coefficient (Wildman–Crippen LogP) is 7.55. The van der Waals surface area contributed by atoms with E-state index in [1.807, 2.05) is 31.2 Å². The molecule has 0 fully saturated rings. The topological polar surface area (TPSA) is 52.9 Å². The Morgan fingerprint density at radius 3 is 2.44 bits per heavy atom. The molecular formula is C30H25ClN2O. The summed E-state index contributed by atoms with van der Waals surface area (Å²) in [6, 6.07) is 26.1. The van der Waals surface area contributed by atoms with Crippen molar-refractivity contribution in [2.24, 2.45) is 0 Å². The van der Waals surface area contributed by atoms with Gasteiger partial charge in [0, 0.05) is 10.7 Å². The van der Waals surface area contributed by atoms with Crippen LogP contribution in [0.4, 0.5) is 5.69 Å². The average Bonchev–Trinajstić information content (AvgIpc) is 2.80. The lowest BCUT2D eigenvalue weighted by molar-refractivity contribution is -0.112. The van der Waals surface area contributed by atoms with Crippen molar-refractivity contribution in [1.29, 1.82) is 5.26 Å². The molecule has 34 heavy (non-hydrogen) atoms. The summed E-state index contributed by atoms with van der Waals surface area (Å²) in [5, 5.41) is 15.3. The molecule has 0 heterocycles. The van der Waals surface area contributed by atoms with Gasteiger partial charge in [0.05, 0.1) is 0 Å². The Morgan fingerprint density at radius 2 is 1.71 bits per heavy atom. The first-order valence-corrected chi connectivity index (χ1v) is 11.5. The van der Waals surface area contributed by atoms with Gasteiger partial charge in [-0.2, -0.15) is 5.26 Å². The Hall–Kier alpha value is -3.87. The first-order chi connectivity index (χ1) is 16.4. The van der Waals surface area contributed by atoms with Crippen LogP contribution in [0.25, 0.3) is 16.8 Å². The molecule has 4 aromatic carbocycles. The van der Waals surface area contributed by atoms with E-state index in [4.69, 9.17) is 11.6 Å². The van der Waals surface area contributed by atoms with Gasteiger partial charge in [-0.15, -0.1) is 0 Å². The largest absolute Gasteiger partial charge is 0.321 e. The van der Waals surface area contributed by atoms with Gasteiger partial charge in [-0.1, -0.05) is 83.4 Å². The number of carbonyl (C=O) groups is 1. The number of anilines is 1. The number of fused-ring (bicyclic) bond motifs is 1. The highest BCUT2D eigenvalue weighted by Gasteiger charge is 2.15. The maximum absolute atomic E-state index is 13.1. The first-order valence-electron chi connectivity index (χ1n) is 11.1. The third-order valence-electron chi connectivity index (χ3n) is 5.91. The molecule has 0 saturated heterocycles. The lowest BCUT2D eigenvalue weighted by Gasteiger charge is -2.13. The lowest BCUT2D eigenvalue weighted by Crippen LogP contribution is -2.14.